The van der Waals surface area contributed by atoms with E-state index in [2.05, 4.69) is 22.1 Å². The predicted octanol–water partition coefficient (Wildman–Crippen LogP) is 2.25. The Morgan fingerprint density at radius 1 is 1.57 bits per heavy atom. The van der Waals surface area contributed by atoms with Crippen molar-refractivity contribution in [1.29, 1.82) is 0 Å². The Hall–Kier alpha value is -1.33. The van der Waals surface area contributed by atoms with Gasteiger partial charge in [0, 0.05) is 19.6 Å². The number of amides is 1. The minimum atomic E-state index is -0.211. The van der Waals surface area contributed by atoms with Crippen molar-refractivity contribution in [2.45, 2.75) is 32.7 Å². The molecular formula is C15H23ClN4O. The lowest BCUT2D eigenvalue weighted by molar-refractivity contribution is -0.123. The number of hydrogen-bond donors (Lipinski definition) is 2. The van der Waals surface area contributed by atoms with Crippen LogP contribution in [0.25, 0.3) is 0 Å². The van der Waals surface area contributed by atoms with E-state index in [4.69, 9.17) is 17.3 Å². The van der Waals surface area contributed by atoms with E-state index in [0.717, 1.165) is 43.9 Å². The number of anilines is 1. The van der Waals surface area contributed by atoms with Gasteiger partial charge >= 0.3 is 0 Å². The molecule has 0 radical (unpaired) electrons. The molecule has 1 amide bonds. The zero-order chi connectivity index (χ0) is 15.2. The number of nitrogens with one attached hydrogen (secondary N) is 1. The van der Waals surface area contributed by atoms with Crippen LogP contribution in [0.5, 0.6) is 0 Å². The summed E-state index contributed by atoms with van der Waals surface area (Å²) in [6.07, 6.45) is 2.91. The molecule has 1 saturated heterocycles. The molecule has 116 valence electrons. The van der Waals surface area contributed by atoms with Gasteiger partial charge in [-0.15, -0.1) is 0 Å². The van der Waals surface area contributed by atoms with Crippen molar-refractivity contribution in [2.75, 3.05) is 25.0 Å². The Kier molecular flexibility index (Phi) is 5.82. The molecule has 5 nitrogen and oxygen atoms in total. The molecular weight excluding hydrogens is 288 g/mol. The van der Waals surface area contributed by atoms with Crippen molar-refractivity contribution < 1.29 is 4.79 Å². The van der Waals surface area contributed by atoms with Crippen LogP contribution in [0.1, 0.15) is 31.9 Å². The van der Waals surface area contributed by atoms with Crippen LogP contribution in [0, 0.1) is 5.92 Å². The highest BCUT2D eigenvalue weighted by atomic mass is 35.5. The smallest absolute Gasteiger partial charge is 0.221 e. The van der Waals surface area contributed by atoms with Crippen LogP contribution in [-0.2, 0) is 11.3 Å². The van der Waals surface area contributed by atoms with Crippen LogP contribution in [0.2, 0.25) is 5.02 Å². The zero-order valence-electron chi connectivity index (χ0n) is 12.4. The standard InChI is InChI=1S/C15H23ClN4O/c1-2-7-18-14-6-5-12(16)13(19-14)10-20-8-3-4-11(9-20)15(17)21/h5-6,11H,2-4,7-10H2,1H3,(H2,17,21)(H,18,19). The minimum absolute atomic E-state index is 0.0566. The fraction of sp³-hybridized carbons (Fsp3) is 0.600. The van der Waals surface area contributed by atoms with Crippen molar-refractivity contribution in [2.24, 2.45) is 11.7 Å². The summed E-state index contributed by atoms with van der Waals surface area (Å²) in [5.74, 6) is 0.579. The Morgan fingerprint density at radius 3 is 3.10 bits per heavy atom. The Labute approximate surface area is 130 Å². The predicted molar refractivity (Wildman–Crippen MR) is 85.2 cm³/mol. The molecule has 1 unspecified atom stereocenters. The van der Waals surface area contributed by atoms with Crippen molar-refractivity contribution >= 4 is 23.3 Å². The molecule has 21 heavy (non-hydrogen) atoms. The summed E-state index contributed by atoms with van der Waals surface area (Å²) in [7, 11) is 0. The Bertz CT molecular complexity index is 495. The average Bonchev–Trinajstić information content (AvgIpc) is 2.48. The maximum absolute atomic E-state index is 11.3. The highest BCUT2D eigenvalue weighted by Crippen LogP contribution is 2.22. The number of nitrogens with zero attached hydrogens (tertiary/aromatic N) is 2. The summed E-state index contributed by atoms with van der Waals surface area (Å²) in [6.45, 7) is 5.31. The third-order valence-corrected chi connectivity index (χ3v) is 4.10. The van der Waals surface area contributed by atoms with Gasteiger partial charge in [-0.2, -0.15) is 0 Å². The summed E-state index contributed by atoms with van der Waals surface area (Å²) in [4.78, 5) is 18.1. The van der Waals surface area contributed by atoms with Gasteiger partial charge in [-0.1, -0.05) is 18.5 Å². The molecule has 1 aromatic rings. The number of carbonyl (C=O) groups excluding carboxylic acids is 1. The summed E-state index contributed by atoms with van der Waals surface area (Å²) in [5.41, 5.74) is 6.26. The van der Waals surface area contributed by atoms with Crippen LogP contribution in [0.15, 0.2) is 12.1 Å². The highest BCUT2D eigenvalue weighted by molar-refractivity contribution is 6.31. The molecule has 1 fully saturated rings. The fourth-order valence-corrected chi connectivity index (χ4v) is 2.75. The summed E-state index contributed by atoms with van der Waals surface area (Å²) in [5, 5.41) is 3.93. The number of rotatable bonds is 6. The van der Waals surface area contributed by atoms with Gasteiger partial charge in [0.25, 0.3) is 0 Å². The monoisotopic (exact) mass is 310 g/mol. The molecule has 0 saturated carbocycles. The number of hydrogen-bond acceptors (Lipinski definition) is 4. The number of halogens is 1. The minimum Gasteiger partial charge on any atom is -0.370 e. The number of nitrogens with two attached hydrogens (primary N) is 1. The van der Waals surface area contributed by atoms with Gasteiger partial charge in [-0.25, -0.2) is 4.98 Å². The van der Waals surface area contributed by atoms with Crippen molar-refractivity contribution in [3.63, 3.8) is 0 Å². The SMILES string of the molecule is CCCNc1ccc(Cl)c(CN2CCCC(C(N)=O)C2)n1. The van der Waals surface area contributed by atoms with Crippen molar-refractivity contribution in [3.05, 3.63) is 22.8 Å². The van der Waals surface area contributed by atoms with Crippen LogP contribution in [0.4, 0.5) is 5.82 Å². The number of primary amides is 1. The van der Waals surface area contributed by atoms with Gasteiger partial charge in [0.15, 0.2) is 0 Å². The van der Waals surface area contributed by atoms with Gasteiger partial charge in [-0.05, 0) is 37.9 Å². The molecule has 1 aliphatic heterocycles. The first-order valence-corrected chi connectivity index (χ1v) is 7.89. The van der Waals surface area contributed by atoms with Crippen LogP contribution in [-0.4, -0.2) is 35.4 Å². The molecule has 0 spiro atoms. The quantitative estimate of drug-likeness (QED) is 0.845. The highest BCUT2D eigenvalue weighted by Gasteiger charge is 2.24. The first-order chi connectivity index (χ1) is 10.1. The lowest BCUT2D eigenvalue weighted by Gasteiger charge is -2.31. The van der Waals surface area contributed by atoms with Gasteiger partial charge in [0.05, 0.1) is 16.6 Å². The lowest BCUT2D eigenvalue weighted by atomic mass is 9.97. The number of carbonyl (C=O) groups is 1. The first kappa shape index (κ1) is 16.0. The molecule has 2 heterocycles. The second kappa shape index (κ2) is 7.61. The number of piperidine rings is 1. The molecule has 1 aromatic heterocycles. The molecule has 1 aliphatic rings. The van der Waals surface area contributed by atoms with Gasteiger partial charge < -0.3 is 11.1 Å². The first-order valence-electron chi connectivity index (χ1n) is 7.51. The Morgan fingerprint density at radius 2 is 2.38 bits per heavy atom. The van der Waals surface area contributed by atoms with Crippen LogP contribution < -0.4 is 11.1 Å². The molecule has 0 aromatic carbocycles. The molecule has 1 atom stereocenters. The maximum atomic E-state index is 11.3. The summed E-state index contributed by atoms with van der Waals surface area (Å²) in [6, 6.07) is 3.77. The van der Waals surface area contributed by atoms with Crippen molar-refractivity contribution in [1.82, 2.24) is 9.88 Å². The van der Waals surface area contributed by atoms with E-state index in [1.54, 1.807) is 0 Å². The maximum Gasteiger partial charge on any atom is 0.221 e. The van der Waals surface area contributed by atoms with E-state index < -0.39 is 0 Å². The van der Waals surface area contributed by atoms with E-state index in [1.807, 2.05) is 12.1 Å². The number of likely N-dealkylation sites (tertiary alicyclic amines) is 1. The third kappa shape index (κ3) is 4.58. The van der Waals surface area contributed by atoms with E-state index in [0.29, 0.717) is 18.1 Å². The van der Waals surface area contributed by atoms with Gasteiger partial charge in [-0.3, -0.25) is 9.69 Å². The van der Waals surface area contributed by atoms with E-state index in [9.17, 15) is 4.79 Å². The second-order valence-electron chi connectivity index (χ2n) is 5.53. The lowest BCUT2D eigenvalue weighted by Crippen LogP contribution is -2.40. The van der Waals surface area contributed by atoms with E-state index in [1.165, 1.54) is 0 Å². The number of pyridine rings is 1. The number of aromatic nitrogens is 1. The largest absolute Gasteiger partial charge is 0.370 e. The van der Waals surface area contributed by atoms with Crippen LogP contribution >= 0.6 is 11.6 Å². The van der Waals surface area contributed by atoms with E-state index in [-0.39, 0.29) is 11.8 Å². The Balaban J connectivity index is 2.02. The topological polar surface area (TPSA) is 71.2 Å². The van der Waals surface area contributed by atoms with Crippen molar-refractivity contribution in [3.8, 4) is 0 Å². The molecule has 3 N–H and O–H groups in total. The molecule has 2 rings (SSSR count). The fourth-order valence-electron chi connectivity index (χ4n) is 2.59. The van der Waals surface area contributed by atoms with Gasteiger partial charge in [0.2, 0.25) is 5.91 Å². The average molecular weight is 311 g/mol. The summed E-state index contributed by atoms with van der Waals surface area (Å²) < 4.78 is 0. The third-order valence-electron chi connectivity index (χ3n) is 3.76. The van der Waals surface area contributed by atoms with Crippen LogP contribution in [0.3, 0.4) is 0 Å². The molecule has 6 heteroatoms. The van der Waals surface area contributed by atoms with Gasteiger partial charge in [0.1, 0.15) is 5.82 Å². The normalized spacial score (nSPS) is 19.4. The van der Waals surface area contributed by atoms with E-state index >= 15 is 0 Å². The summed E-state index contributed by atoms with van der Waals surface area (Å²) >= 11 is 6.24. The molecule has 0 bridgehead atoms. The second-order valence-corrected chi connectivity index (χ2v) is 5.94. The zero-order valence-corrected chi connectivity index (χ0v) is 13.2. The molecule has 0 aliphatic carbocycles.